The first-order valence-corrected chi connectivity index (χ1v) is 5.15. The van der Waals surface area contributed by atoms with Crippen LogP contribution in [0.4, 0.5) is 0 Å². The highest BCUT2D eigenvalue weighted by Gasteiger charge is 2.31. The molecule has 0 amide bonds. The van der Waals surface area contributed by atoms with Crippen LogP contribution in [0.15, 0.2) is 0 Å². The van der Waals surface area contributed by atoms with E-state index in [1.165, 1.54) is 7.11 Å². The molecule has 12 heavy (non-hydrogen) atoms. The second kappa shape index (κ2) is 4.14. The summed E-state index contributed by atoms with van der Waals surface area (Å²) >= 11 is 1.79. The Hall–Kier alpha value is -0.220. The van der Waals surface area contributed by atoms with Crippen LogP contribution in [0.1, 0.15) is 13.8 Å². The van der Waals surface area contributed by atoms with Crippen molar-refractivity contribution >= 4 is 17.7 Å². The second-order valence-corrected chi connectivity index (χ2v) is 4.41. The highest BCUT2D eigenvalue weighted by molar-refractivity contribution is 8.00. The second-order valence-electron chi connectivity index (χ2n) is 3.24. The Labute approximate surface area is 77.2 Å². The van der Waals surface area contributed by atoms with E-state index in [4.69, 9.17) is 0 Å². The summed E-state index contributed by atoms with van der Waals surface area (Å²) in [6.07, 6.45) is 0. The number of methoxy groups -OCH3 is 1. The normalized spacial score (nSPS) is 29.3. The van der Waals surface area contributed by atoms with Crippen LogP contribution in [-0.4, -0.2) is 30.2 Å². The van der Waals surface area contributed by atoms with Gasteiger partial charge in [0, 0.05) is 5.75 Å². The SMILES string of the molecule is COC(=O)C1CS[C@H](C(C)C)N1. The summed E-state index contributed by atoms with van der Waals surface area (Å²) in [7, 11) is 1.43. The molecular formula is C8H15NO2S. The Kier molecular flexibility index (Phi) is 3.40. The van der Waals surface area contributed by atoms with Crippen LogP contribution >= 0.6 is 11.8 Å². The van der Waals surface area contributed by atoms with Crippen molar-refractivity contribution in [1.29, 1.82) is 0 Å². The molecule has 0 radical (unpaired) electrons. The minimum absolute atomic E-state index is 0.104. The van der Waals surface area contributed by atoms with E-state index in [1.807, 2.05) is 0 Å². The zero-order valence-corrected chi connectivity index (χ0v) is 8.48. The van der Waals surface area contributed by atoms with Crippen molar-refractivity contribution < 1.29 is 9.53 Å². The van der Waals surface area contributed by atoms with Gasteiger partial charge in [0.15, 0.2) is 0 Å². The van der Waals surface area contributed by atoms with Gasteiger partial charge in [0.1, 0.15) is 6.04 Å². The van der Waals surface area contributed by atoms with Crippen LogP contribution in [0.3, 0.4) is 0 Å². The molecule has 0 aliphatic carbocycles. The summed E-state index contributed by atoms with van der Waals surface area (Å²) in [5.74, 6) is 1.24. The Bertz CT molecular complexity index is 172. The van der Waals surface area contributed by atoms with E-state index >= 15 is 0 Å². The standard InChI is InChI=1S/C8H15NO2S/c1-5(2)7-9-6(4-12-7)8(10)11-3/h5-7,9H,4H2,1-3H3/t6?,7-/m1/s1. The fourth-order valence-electron chi connectivity index (χ4n) is 1.16. The Balaban J connectivity index is 2.40. The summed E-state index contributed by atoms with van der Waals surface area (Å²) in [6, 6.07) is -0.104. The fraction of sp³-hybridized carbons (Fsp3) is 0.875. The summed E-state index contributed by atoms with van der Waals surface area (Å²) in [6.45, 7) is 4.29. The third-order valence-electron chi connectivity index (χ3n) is 1.90. The van der Waals surface area contributed by atoms with Crippen molar-refractivity contribution in [1.82, 2.24) is 5.32 Å². The molecule has 0 bridgehead atoms. The average Bonchev–Trinajstić information content (AvgIpc) is 2.51. The molecule has 1 rings (SSSR count). The zero-order chi connectivity index (χ0) is 9.14. The topological polar surface area (TPSA) is 38.3 Å². The van der Waals surface area contributed by atoms with Crippen LogP contribution < -0.4 is 5.32 Å². The summed E-state index contributed by atoms with van der Waals surface area (Å²) in [5, 5.41) is 3.63. The molecule has 1 unspecified atom stereocenters. The van der Waals surface area contributed by atoms with Gasteiger partial charge in [0.25, 0.3) is 0 Å². The number of ether oxygens (including phenoxy) is 1. The van der Waals surface area contributed by atoms with Crippen molar-refractivity contribution in [3.05, 3.63) is 0 Å². The molecule has 1 aliphatic heterocycles. The van der Waals surface area contributed by atoms with Crippen molar-refractivity contribution in [3.63, 3.8) is 0 Å². The molecule has 1 N–H and O–H groups in total. The van der Waals surface area contributed by atoms with Crippen LogP contribution in [0.5, 0.6) is 0 Å². The molecule has 1 heterocycles. The molecular weight excluding hydrogens is 174 g/mol. The molecule has 0 aromatic heterocycles. The first-order valence-electron chi connectivity index (χ1n) is 4.10. The molecule has 0 spiro atoms. The van der Waals surface area contributed by atoms with Gasteiger partial charge in [-0.1, -0.05) is 13.8 Å². The molecule has 0 aromatic rings. The smallest absolute Gasteiger partial charge is 0.323 e. The lowest BCUT2D eigenvalue weighted by molar-refractivity contribution is -0.142. The van der Waals surface area contributed by atoms with Gasteiger partial charge < -0.3 is 4.74 Å². The van der Waals surface area contributed by atoms with E-state index in [9.17, 15) is 4.79 Å². The molecule has 1 aliphatic rings. The Morgan fingerprint density at radius 1 is 1.67 bits per heavy atom. The molecule has 1 fully saturated rings. The summed E-state index contributed by atoms with van der Waals surface area (Å²) in [4.78, 5) is 11.1. The van der Waals surface area contributed by atoms with E-state index in [1.54, 1.807) is 11.8 Å². The Morgan fingerprint density at radius 3 is 2.75 bits per heavy atom. The van der Waals surface area contributed by atoms with Crippen molar-refractivity contribution in [2.24, 2.45) is 5.92 Å². The van der Waals surface area contributed by atoms with Gasteiger partial charge in [-0.25, -0.2) is 0 Å². The minimum Gasteiger partial charge on any atom is -0.468 e. The number of thioether (sulfide) groups is 1. The first-order chi connectivity index (χ1) is 5.65. The third-order valence-corrected chi connectivity index (χ3v) is 3.46. The molecule has 0 aromatic carbocycles. The number of rotatable bonds is 2. The van der Waals surface area contributed by atoms with Gasteiger partial charge in [0.2, 0.25) is 0 Å². The van der Waals surface area contributed by atoms with E-state index < -0.39 is 0 Å². The predicted octanol–water partition coefficient (Wildman–Crippen LogP) is 0.846. The van der Waals surface area contributed by atoms with Crippen LogP contribution in [0, 0.1) is 5.92 Å². The number of esters is 1. The lowest BCUT2D eigenvalue weighted by Gasteiger charge is -2.14. The van der Waals surface area contributed by atoms with Gasteiger partial charge in [-0.05, 0) is 5.92 Å². The molecule has 2 atom stereocenters. The van der Waals surface area contributed by atoms with Crippen LogP contribution in [0.2, 0.25) is 0 Å². The molecule has 3 nitrogen and oxygen atoms in total. The highest BCUT2D eigenvalue weighted by atomic mass is 32.2. The first kappa shape index (κ1) is 9.86. The van der Waals surface area contributed by atoms with Gasteiger partial charge in [-0.2, -0.15) is 0 Å². The van der Waals surface area contributed by atoms with Crippen molar-refractivity contribution in [2.45, 2.75) is 25.3 Å². The van der Waals surface area contributed by atoms with Crippen molar-refractivity contribution in [3.8, 4) is 0 Å². The maximum atomic E-state index is 11.1. The molecule has 1 saturated heterocycles. The number of hydrogen-bond donors (Lipinski definition) is 1. The largest absolute Gasteiger partial charge is 0.468 e. The lowest BCUT2D eigenvalue weighted by atomic mass is 10.2. The number of nitrogens with one attached hydrogen (secondary N) is 1. The maximum Gasteiger partial charge on any atom is 0.323 e. The van der Waals surface area contributed by atoms with Gasteiger partial charge in [-0.3, -0.25) is 10.1 Å². The molecule has 0 saturated carbocycles. The molecule has 70 valence electrons. The maximum absolute atomic E-state index is 11.1. The molecule has 4 heteroatoms. The fourth-order valence-corrected chi connectivity index (χ4v) is 2.44. The van der Waals surface area contributed by atoms with E-state index in [2.05, 4.69) is 23.9 Å². The summed E-state index contributed by atoms with van der Waals surface area (Å²) in [5.41, 5.74) is 0. The zero-order valence-electron chi connectivity index (χ0n) is 7.66. The monoisotopic (exact) mass is 189 g/mol. The predicted molar refractivity (Wildman–Crippen MR) is 50.0 cm³/mol. The number of carbonyl (C=O) groups is 1. The van der Waals surface area contributed by atoms with E-state index in [0.717, 1.165) is 5.75 Å². The van der Waals surface area contributed by atoms with Gasteiger partial charge in [-0.15, -0.1) is 11.8 Å². The number of carbonyl (C=O) groups excluding carboxylic acids is 1. The minimum atomic E-state index is -0.148. The van der Waals surface area contributed by atoms with Gasteiger partial charge in [0.05, 0.1) is 12.5 Å². The lowest BCUT2D eigenvalue weighted by Crippen LogP contribution is -2.39. The van der Waals surface area contributed by atoms with Gasteiger partial charge >= 0.3 is 5.97 Å². The number of hydrogen-bond acceptors (Lipinski definition) is 4. The average molecular weight is 189 g/mol. The van der Waals surface area contributed by atoms with E-state index in [-0.39, 0.29) is 12.0 Å². The highest BCUT2D eigenvalue weighted by Crippen LogP contribution is 2.24. The quantitative estimate of drug-likeness (QED) is 0.653. The third kappa shape index (κ3) is 2.14. The van der Waals surface area contributed by atoms with Crippen molar-refractivity contribution in [2.75, 3.05) is 12.9 Å². The van der Waals surface area contributed by atoms with E-state index in [0.29, 0.717) is 11.3 Å². The van der Waals surface area contributed by atoms with Crippen LogP contribution in [0.25, 0.3) is 0 Å². The van der Waals surface area contributed by atoms with Crippen LogP contribution in [-0.2, 0) is 9.53 Å². The summed E-state index contributed by atoms with van der Waals surface area (Å²) < 4.78 is 4.65. The Morgan fingerprint density at radius 2 is 2.33 bits per heavy atom.